The summed E-state index contributed by atoms with van der Waals surface area (Å²) >= 11 is 18.3. The summed E-state index contributed by atoms with van der Waals surface area (Å²) in [6.07, 6.45) is 0. The van der Waals surface area contributed by atoms with Gasteiger partial charge in [-0.2, -0.15) is 10.2 Å². The van der Waals surface area contributed by atoms with Gasteiger partial charge in [-0.05, 0) is 52.3 Å². The van der Waals surface area contributed by atoms with Crippen LogP contribution in [0.15, 0.2) is 18.2 Å². The molecular weight excluding hydrogens is 433 g/mol. The van der Waals surface area contributed by atoms with Crippen molar-refractivity contribution < 1.29 is 4.79 Å². The monoisotopic (exact) mass is 453 g/mol. The second-order valence-electron chi connectivity index (χ2n) is 7.05. The lowest BCUT2D eigenvalue weighted by Gasteiger charge is -2.15. The largest absolute Gasteiger partial charge is 0.321 e. The maximum atomic E-state index is 12.9. The van der Waals surface area contributed by atoms with Crippen LogP contribution in [0, 0.1) is 27.7 Å². The summed E-state index contributed by atoms with van der Waals surface area (Å²) in [5.74, 6) is -0.187. The number of hydrogen-bond acceptors (Lipinski definition) is 3. The van der Waals surface area contributed by atoms with Crippen molar-refractivity contribution >= 4 is 46.4 Å². The molecule has 3 aromatic rings. The number of nitrogens with zero attached hydrogens (tertiary/aromatic N) is 4. The first-order chi connectivity index (χ1) is 13.6. The predicted molar refractivity (Wildman–Crippen MR) is 117 cm³/mol. The molecule has 1 atom stereocenters. The molecular formula is C20H22Cl3N5O. The van der Waals surface area contributed by atoms with Crippen LogP contribution in [0.4, 0.5) is 5.69 Å². The van der Waals surface area contributed by atoms with Crippen molar-refractivity contribution in [2.24, 2.45) is 0 Å². The summed E-state index contributed by atoms with van der Waals surface area (Å²) in [4.78, 5) is 12.9. The second-order valence-corrected chi connectivity index (χ2v) is 8.24. The molecule has 0 fully saturated rings. The summed E-state index contributed by atoms with van der Waals surface area (Å²) in [5.41, 5.74) is 4.69. The van der Waals surface area contributed by atoms with Gasteiger partial charge < -0.3 is 5.32 Å². The van der Waals surface area contributed by atoms with Gasteiger partial charge in [0.2, 0.25) is 5.91 Å². The third-order valence-electron chi connectivity index (χ3n) is 4.93. The van der Waals surface area contributed by atoms with Crippen molar-refractivity contribution in [3.8, 4) is 0 Å². The van der Waals surface area contributed by atoms with Gasteiger partial charge in [-0.15, -0.1) is 0 Å². The van der Waals surface area contributed by atoms with Crippen LogP contribution in [0.3, 0.4) is 0 Å². The van der Waals surface area contributed by atoms with E-state index in [0.717, 1.165) is 22.6 Å². The van der Waals surface area contributed by atoms with Crippen LogP contribution in [-0.4, -0.2) is 25.5 Å². The number of aromatic nitrogens is 4. The number of halogens is 3. The first-order valence-corrected chi connectivity index (χ1v) is 10.2. The minimum Gasteiger partial charge on any atom is -0.321 e. The number of carbonyl (C=O) groups excluding carboxylic acids is 1. The minimum atomic E-state index is -0.515. The molecule has 0 spiro atoms. The number of hydrogen-bond donors (Lipinski definition) is 1. The third kappa shape index (κ3) is 4.29. The molecule has 0 radical (unpaired) electrons. The summed E-state index contributed by atoms with van der Waals surface area (Å²) in [6, 6.07) is 4.96. The van der Waals surface area contributed by atoms with Crippen molar-refractivity contribution in [3.05, 3.63) is 61.6 Å². The van der Waals surface area contributed by atoms with Gasteiger partial charge in [0.15, 0.2) is 0 Å². The summed E-state index contributed by atoms with van der Waals surface area (Å²) < 4.78 is 3.47. The molecule has 3 rings (SSSR count). The van der Waals surface area contributed by atoms with Crippen LogP contribution < -0.4 is 5.32 Å². The van der Waals surface area contributed by atoms with E-state index < -0.39 is 6.04 Å². The lowest BCUT2D eigenvalue weighted by Crippen LogP contribution is -2.25. The molecule has 154 valence electrons. The highest BCUT2D eigenvalue weighted by Gasteiger charge is 2.23. The fourth-order valence-corrected chi connectivity index (χ4v) is 3.65. The van der Waals surface area contributed by atoms with E-state index in [1.807, 2.05) is 44.5 Å². The molecule has 9 heteroatoms. The number of amides is 1. The van der Waals surface area contributed by atoms with Crippen LogP contribution in [0.5, 0.6) is 0 Å². The number of anilines is 1. The number of rotatable bonds is 5. The Balaban J connectivity index is 1.81. The first kappa shape index (κ1) is 21.7. The molecule has 1 unspecified atom stereocenters. The summed E-state index contributed by atoms with van der Waals surface area (Å²) in [5, 5.41) is 13.5. The molecule has 0 aliphatic heterocycles. The number of nitrogens with one attached hydrogen (secondary N) is 1. The van der Waals surface area contributed by atoms with Gasteiger partial charge in [0, 0.05) is 0 Å². The van der Waals surface area contributed by atoms with Gasteiger partial charge in [-0.25, -0.2) is 0 Å². The van der Waals surface area contributed by atoms with Crippen LogP contribution >= 0.6 is 34.8 Å². The van der Waals surface area contributed by atoms with Crippen molar-refractivity contribution in [2.45, 2.75) is 47.2 Å². The van der Waals surface area contributed by atoms with Gasteiger partial charge >= 0.3 is 0 Å². The Morgan fingerprint density at radius 1 is 1.03 bits per heavy atom. The molecule has 6 nitrogen and oxygen atoms in total. The lowest BCUT2D eigenvalue weighted by atomic mass is 10.2. The molecule has 0 bridgehead atoms. The van der Waals surface area contributed by atoms with Gasteiger partial charge in [0.05, 0.1) is 50.1 Å². The van der Waals surface area contributed by atoms with Gasteiger partial charge in [0.1, 0.15) is 6.04 Å². The third-order valence-corrected chi connectivity index (χ3v) is 6.22. The molecule has 2 aromatic heterocycles. The zero-order valence-electron chi connectivity index (χ0n) is 16.8. The first-order valence-electron chi connectivity index (χ1n) is 9.10. The Kier molecular flexibility index (Phi) is 6.27. The standard InChI is InChI=1S/C20H22Cl3N5O/c1-10-18(23)12(3)28(26-10)14(5)20(29)24-19-11(2)25-27(13(19)4)9-15-6-7-16(21)17(22)8-15/h6-8,14H,9H2,1-5H3,(H,24,29). The molecule has 0 saturated carbocycles. The molecule has 1 aromatic carbocycles. The summed E-state index contributed by atoms with van der Waals surface area (Å²) in [7, 11) is 0. The van der Waals surface area contributed by atoms with E-state index in [2.05, 4.69) is 15.5 Å². The molecule has 29 heavy (non-hydrogen) atoms. The molecule has 0 saturated heterocycles. The average Bonchev–Trinajstić information content (AvgIpc) is 3.08. The quantitative estimate of drug-likeness (QED) is 0.552. The van der Waals surface area contributed by atoms with E-state index in [1.54, 1.807) is 17.7 Å². The van der Waals surface area contributed by atoms with Crippen molar-refractivity contribution in [1.82, 2.24) is 19.6 Å². The fraction of sp³-hybridized carbons (Fsp3) is 0.350. The van der Waals surface area contributed by atoms with E-state index >= 15 is 0 Å². The molecule has 1 amide bonds. The van der Waals surface area contributed by atoms with E-state index in [0.29, 0.717) is 33.0 Å². The number of benzene rings is 1. The topological polar surface area (TPSA) is 64.7 Å². The Labute approximate surface area is 184 Å². The van der Waals surface area contributed by atoms with E-state index in [9.17, 15) is 4.79 Å². The SMILES string of the molecule is Cc1nn(C(C)C(=O)Nc2c(C)nn(Cc3ccc(Cl)c(Cl)c3)c2C)c(C)c1Cl. The van der Waals surface area contributed by atoms with Crippen molar-refractivity contribution in [3.63, 3.8) is 0 Å². The van der Waals surface area contributed by atoms with Crippen LogP contribution in [0.1, 0.15) is 41.3 Å². The Morgan fingerprint density at radius 3 is 2.31 bits per heavy atom. The highest BCUT2D eigenvalue weighted by Crippen LogP contribution is 2.26. The Hall–Kier alpha value is -2.02. The predicted octanol–water partition coefficient (Wildman–Crippen LogP) is 5.52. The normalized spacial score (nSPS) is 12.3. The van der Waals surface area contributed by atoms with Gasteiger partial charge in [-0.1, -0.05) is 40.9 Å². The van der Waals surface area contributed by atoms with Crippen molar-refractivity contribution in [2.75, 3.05) is 5.32 Å². The molecule has 0 aliphatic rings. The van der Waals surface area contributed by atoms with Crippen LogP contribution in [0.25, 0.3) is 0 Å². The number of aryl methyl sites for hydroxylation is 2. The average molecular weight is 455 g/mol. The maximum absolute atomic E-state index is 12.9. The highest BCUT2D eigenvalue weighted by molar-refractivity contribution is 6.42. The second kappa shape index (κ2) is 8.38. The van der Waals surface area contributed by atoms with Crippen LogP contribution in [-0.2, 0) is 11.3 Å². The highest BCUT2D eigenvalue weighted by atomic mass is 35.5. The number of carbonyl (C=O) groups is 1. The molecule has 0 aliphatic carbocycles. The maximum Gasteiger partial charge on any atom is 0.249 e. The van der Waals surface area contributed by atoms with E-state index in [-0.39, 0.29) is 5.91 Å². The van der Waals surface area contributed by atoms with Gasteiger partial charge in [-0.3, -0.25) is 14.2 Å². The van der Waals surface area contributed by atoms with E-state index in [1.165, 1.54) is 0 Å². The Bertz CT molecular complexity index is 1090. The zero-order valence-corrected chi connectivity index (χ0v) is 19.1. The van der Waals surface area contributed by atoms with Crippen LogP contribution in [0.2, 0.25) is 15.1 Å². The smallest absolute Gasteiger partial charge is 0.249 e. The Morgan fingerprint density at radius 2 is 1.72 bits per heavy atom. The summed E-state index contributed by atoms with van der Waals surface area (Å²) in [6.45, 7) is 9.74. The van der Waals surface area contributed by atoms with E-state index in [4.69, 9.17) is 34.8 Å². The van der Waals surface area contributed by atoms with Crippen molar-refractivity contribution in [1.29, 1.82) is 0 Å². The van der Waals surface area contributed by atoms with Gasteiger partial charge in [0.25, 0.3) is 0 Å². The molecule has 2 heterocycles. The molecule has 1 N–H and O–H groups in total. The minimum absolute atomic E-state index is 0.187. The lowest BCUT2D eigenvalue weighted by molar-refractivity contribution is -0.119. The zero-order chi connectivity index (χ0) is 21.5. The fourth-order valence-electron chi connectivity index (χ4n) is 3.20.